The molecule has 0 spiro atoms. The fourth-order valence-electron chi connectivity index (χ4n) is 4.15. The molecule has 2 N–H and O–H groups in total. The van der Waals surface area contributed by atoms with Gasteiger partial charge in [-0.1, -0.05) is 24.3 Å². The second-order valence-corrected chi connectivity index (χ2v) is 8.25. The van der Waals surface area contributed by atoms with Crippen molar-refractivity contribution in [3.63, 3.8) is 0 Å². The highest BCUT2D eigenvalue weighted by Gasteiger charge is 2.17. The Labute approximate surface area is 196 Å². The van der Waals surface area contributed by atoms with Gasteiger partial charge in [-0.2, -0.15) is 10.1 Å². The van der Waals surface area contributed by atoms with Crippen LogP contribution in [0.4, 0.5) is 17.5 Å². The Morgan fingerprint density at radius 1 is 0.941 bits per heavy atom. The standard InChI is InChI=1S/C25H24N8O/c1-32-23-12-18(2-3-19(23)14-28-32)21-13-24(31-25(30-21)33-8-10-34-11-9-33)29-20-6-4-17(5-7-20)22-15-26-16-27-22/h2-7,12-16H,8-11H2,1H3,(H,26,27)(H,29,30,31). The van der Waals surface area contributed by atoms with E-state index in [-0.39, 0.29) is 0 Å². The first kappa shape index (κ1) is 20.4. The quantitative estimate of drug-likeness (QED) is 0.416. The maximum atomic E-state index is 5.53. The molecule has 1 aliphatic heterocycles. The number of imidazole rings is 1. The summed E-state index contributed by atoms with van der Waals surface area (Å²) in [7, 11) is 1.95. The zero-order chi connectivity index (χ0) is 22.9. The third-order valence-corrected chi connectivity index (χ3v) is 6.02. The lowest BCUT2D eigenvalue weighted by Crippen LogP contribution is -2.37. The van der Waals surface area contributed by atoms with E-state index in [4.69, 9.17) is 14.7 Å². The van der Waals surface area contributed by atoms with Crippen molar-refractivity contribution in [1.82, 2.24) is 29.7 Å². The summed E-state index contributed by atoms with van der Waals surface area (Å²) >= 11 is 0. The zero-order valence-electron chi connectivity index (χ0n) is 18.8. The summed E-state index contributed by atoms with van der Waals surface area (Å²) in [5.41, 5.74) is 5.94. The number of nitrogens with one attached hydrogen (secondary N) is 2. The summed E-state index contributed by atoms with van der Waals surface area (Å²) in [5.74, 6) is 1.44. The highest BCUT2D eigenvalue weighted by molar-refractivity contribution is 5.84. The molecule has 0 radical (unpaired) electrons. The molecule has 0 atom stereocenters. The van der Waals surface area contributed by atoms with Crippen LogP contribution in [0, 0.1) is 0 Å². The summed E-state index contributed by atoms with van der Waals surface area (Å²) in [6, 6.07) is 16.4. The molecule has 0 saturated carbocycles. The number of nitrogens with zero attached hydrogens (tertiary/aromatic N) is 6. The number of hydrogen-bond acceptors (Lipinski definition) is 7. The van der Waals surface area contributed by atoms with E-state index < -0.39 is 0 Å². The van der Waals surface area contributed by atoms with Gasteiger partial charge in [-0.15, -0.1) is 0 Å². The van der Waals surface area contributed by atoms with E-state index in [1.165, 1.54) is 0 Å². The molecule has 0 aliphatic carbocycles. The summed E-state index contributed by atoms with van der Waals surface area (Å²) < 4.78 is 7.41. The number of morpholine rings is 1. The van der Waals surface area contributed by atoms with Crippen molar-refractivity contribution in [2.24, 2.45) is 7.05 Å². The number of ether oxygens (including phenoxy) is 1. The van der Waals surface area contributed by atoms with Crippen LogP contribution in [0.5, 0.6) is 0 Å². The van der Waals surface area contributed by atoms with Gasteiger partial charge in [0.15, 0.2) is 0 Å². The Kier molecular flexibility index (Phi) is 5.15. The Morgan fingerprint density at radius 2 is 1.76 bits per heavy atom. The van der Waals surface area contributed by atoms with E-state index in [2.05, 4.69) is 55.6 Å². The molecule has 2 aromatic carbocycles. The lowest BCUT2D eigenvalue weighted by atomic mass is 10.1. The molecular weight excluding hydrogens is 428 g/mol. The van der Waals surface area contributed by atoms with Crippen LogP contribution in [0.3, 0.4) is 0 Å². The molecule has 9 heteroatoms. The van der Waals surface area contributed by atoms with Gasteiger partial charge in [-0.25, -0.2) is 9.97 Å². The van der Waals surface area contributed by atoms with Gasteiger partial charge < -0.3 is 19.9 Å². The maximum Gasteiger partial charge on any atom is 0.228 e. The predicted molar refractivity (Wildman–Crippen MR) is 132 cm³/mol. The van der Waals surface area contributed by atoms with Gasteiger partial charge in [-0.3, -0.25) is 4.68 Å². The Balaban J connectivity index is 1.36. The Morgan fingerprint density at radius 3 is 2.56 bits per heavy atom. The van der Waals surface area contributed by atoms with Crippen molar-refractivity contribution in [2.75, 3.05) is 36.5 Å². The molecule has 0 unspecified atom stereocenters. The average Bonchev–Trinajstić information content (AvgIpc) is 3.55. The maximum absolute atomic E-state index is 5.53. The first-order chi connectivity index (χ1) is 16.7. The number of rotatable bonds is 5. The lowest BCUT2D eigenvalue weighted by molar-refractivity contribution is 0.122. The molecule has 6 rings (SSSR count). The molecule has 0 bridgehead atoms. The largest absolute Gasteiger partial charge is 0.378 e. The van der Waals surface area contributed by atoms with E-state index in [0.717, 1.165) is 58.0 Å². The number of H-pyrrole nitrogens is 1. The number of aromatic nitrogens is 6. The van der Waals surface area contributed by atoms with Crippen molar-refractivity contribution in [3.8, 4) is 22.5 Å². The summed E-state index contributed by atoms with van der Waals surface area (Å²) in [6.07, 6.45) is 5.37. The van der Waals surface area contributed by atoms with Crippen molar-refractivity contribution >= 4 is 28.4 Å². The third-order valence-electron chi connectivity index (χ3n) is 6.02. The number of aryl methyl sites for hydroxylation is 1. The molecule has 3 aromatic heterocycles. The van der Waals surface area contributed by atoms with Gasteiger partial charge in [0.25, 0.3) is 0 Å². The summed E-state index contributed by atoms with van der Waals surface area (Å²) in [4.78, 5) is 19.1. The molecule has 4 heterocycles. The monoisotopic (exact) mass is 452 g/mol. The Bertz CT molecular complexity index is 1420. The van der Waals surface area contributed by atoms with Crippen LogP contribution in [0.15, 0.2) is 67.3 Å². The minimum absolute atomic E-state index is 0.673. The van der Waals surface area contributed by atoms with Crippen LogP contribution in [0.25, 0.3) is 33.4 Å². The molecule has 1 aliphatic rings. The van der Waals surface area contributed by atoms with Crippen LogP contribution < -0.4 is 10.2 Å². The van der Waals surface area contributed by atoms with E-state index in [1.54, 1.807) is 6.33 Å². The van der Waals surface area contributed by atoms with Gasteiger partial charge in [0.05, 0.1) is 48.8 Å². The van der Waals surface area contributed by atoms with E-state index >= 15 is 0 Å². The molecule has 0 amide bonds. The van der Waals surface area contributed by atoms with Crippen LogP contribution >= 0.6 is 0 Å². The first-order valence-electron chi connectivity index (χ1n) is 11.2. The molecule has 34 heavy (non-hydrogen) atoms. The SMILES string of the molecule is Cn1ncc2ccc(-c3cc(Nc4ccc(-c5cnc[nH]5)cc4)nc(N4CCOCC4)n3)cc21. The van der Waals surface area contributed by atoms with Gasteiger partial charge in [0.2, 0.25) is 5.95 Å². The average molecular weight is 453 g/mol. The molecule has 170 valence electrons. The molecule has 9 nitrogen and oxygen atoms in total. The molecule has 1 saturated heterocycles. The Hall–Kier alpha value is -4.24. The summed E-state index contributed by atoms with van der Waals surface area (Å²) in [5, 5.41) is 8.92. The second-order valence-electron chi connectivity index (χ2n) is 8.25. The number of fused-ring (bicyclic) bond motifs is 1. The van der Waals surface area contributed by atoms with Crippen LogP contribution in [0.2, 0.25) is 0 Å². The van der Waals surface area contributed by atoms with Gasteiger partial charge in [0.1, 0.15) is 5.82 Å². The van der Waals surface area contributed by atoms with E-state index in [9.17, 15) is 0 Å². The topological polar surface area (TPSA) is 96.8 Å². The lowest BCUT2D eigenvalue weighted by Gasteiger charge is -2.27. The smallest absolute Gasteiger partial charge is 0.228 e. The molecular formula is C25H24N8O. The fraction of sp³-hybridized carbons (Fsp3) is 0.200. The number of benzene rings is 2. The summed E-state index contributed by atoms with van der Waals surface area (Å²) in [6.45, 7) is 2.88. The van der Waals surface area contributed by atoms with E-state index in [1.807, 2.05) is 42.3 Å². The highest BCUT2D eigenvalue weighted by atomic mass is 16.5. The first-order valence-corrected chi connectivity index (χ1v) is 11.2. The van der Waals surface area contributed by atoms with E-state index in [0.29, 0.717) is 19.2 Å². The normalized spacial score (nSPS) is 14.0. The fourth-order valence-corrected chi connectivity index (χ4v) is 4.15. The van der Waals surface area contributed by atoms with Crippen LogP contribution in [-0.2, 0) is 11.8 Å². The zero-order valence-corrected chi connectivity index (χ0v) is 18.8. The number of anilines is 3. The van der Waals surface area contributed by atoms with Crippen LogP contribution in [0.1, 0.15) is 0 Å². The van der Waals surface area contributed by atoms with Crippen molar-refractivity contribution in [1.29, 1.82) is 0 Å². The van der Waals surface area contributed by atoms with Crippen molar-refractivity contribution < 1.29 is 4.74 Å². The molecule has 1 fully saturated rings. The van der Waals surface area contributed by atoms with Crippen molar-refractivity contribution in [3.05, 3.63) is 67.3 Å². The highest BCUT2D eigenvalue weighted by Crippen LogP contribution is 2.28. The number of hydrogen-bond donors (Lipinski definition) is 2. The van der Waals surface area contributed by atoms with Gasteiger partial charge in [0, 0.05) is 42.8 Å². The van der Waals surface area contributed by atoms with Crippen molar-refractivity contribution in [2.45, 2.75) is 0 Å². The number of aromatic amines is 1. The second kappa shape index (κ2) is 8.60. The van der Waals surface area contributed by atoms with Gasteiger partial charge >= 0.3 is 0 Å². The predicted octanol–water partition coefficient (Wildman–Crippen LogP) is 4.00. The van der Waals surface area contributed by atoms with Gasteiger partial charge in [-0.05, 0) is 23.8 Å². The minimum atomic E-state index is 0.673. The molecule has 5 aromatic rings. The van der Waals surface area contributed by atoms with Crippen LogP contribution in [-0.4, -0.2) is 56.0 Å². The minimum Gasteiger partial charge on any atom is -0.378 e. The third kappa shape index (κ3) is 3.97.